The third-order valence-corrected chi connectivity index (χ3v) is 4.15. The average Bonchev–Trinajstić information content (AvgIpc) is 2.37. The molecule has 2 rings (SSSR count). The van der Waals surface area contributed by atoms with Crippen LogP contribution in [0.4, 0.5) is 0 Å². The van der Waals surface area contributed by atoms with Gasteiger partial charge in [0.15, 0.2) is 0 Å². The predicted octanol–water partition coefficient (Wildman–Crippen LogP) is 3.35. The van der Waals surface area contributed by atoms with Crippen LogP contribution in [0.3, 0.4) is 0 Å². The van der Waals surface area contributed by atoms with E-state index in [4.69, 9.17) is 23.2 Å². The van der Waals surface area contributed by atoms with E-state index in [1.54, 1.807) is 0 Å². The number of hydrogen-bond donors (Lipinski definition) is 1. The summed E-state index contributed by atoms with van der Waals surface area (Å²) in [5.74, 6) is 0. The smallest absolute Gasteiger partial charge is 0.0640 e. The fraction of sp³-hybridized carbons (Fsp3) is 0.538. The molecule has 1 fully saturated rings. The summed E-state index contributed by atoms with van der Waals surface area (Å²) in [5, 5.41) is 4.73. The highest BCUT2D eigenvalue weighted by Gasteiger charge is 2.22. The molecule has 0 radical (unpaired) electrons. The van der Waals surface area contributed by atoms with Crippen molar-refractivity contribution in [1.82, 2.24) is 10.2 Å². The molecule has 2 nitrogen and oxygen atoms in total. The minimum Gasteiger partial charge on any atom is -0.314 e. The van der Waals surface area contributed by atoms with E-state index >= 15 is 0 Å². The van der Waals surface area contributed by atoms with E-state index in [-0.39, 0.29) is 0 Å². The summed E-state index contributed by atoms with van der Waals surface area (Å²) in [6.45, 7) is 6.44. The van der Waals surface area contributed by atoms with E-state index in [9.17, 15) is 0 Å². The molecule has 0 spiro atoms. The quantitative estimate of drug-likeness (QED) is 0.908. The molecule has 4 heteroatoms. The Kier molecular flexibility index (Phi) is 4.69. The first kappa shape index (κ1) is 13.2. The third kappa shape index (κ3) is 2.94. The summed E-state index contributed by atoms with van der Waals surface area (Å²) in [4.78, 5) is 2.48. The van der Waals surface area contributed by atoms with E-state index in [1.807, 2.05) is 12.1 Å². The number of rotatable bonds is 3. The lowest BCUT2D eigenvalue weighted by Gasteiger charge is -2.35. The number of halogens is 2. The van der Waals surface area contributed by atoms with E-state index in [0.29, 0.717) is 16.1 Å². The van der Waals surface area contributed by atoms with Crippen LogP contribution in [0.5, 0.6) is 0 Å². The minimum absolute atomic E-state index is 0.378. The lowest BCUT2D eigenvalue weighted by Crippen LogP contribution is -2.45. The van der Waals surface area contributed by atoms with Gasteiger partial charge in [-0.2, -0.15) is 0 Å². The zero-order chi connectivity index (χ0) is 12.3. The molecule has 1 saturated heterocycles. The van der Waals surface area contributed by atoms with Gasteiger partial charge in [0.25, 0.3) is 0 Å². The van der Waals surface area contributed by atoms with Crippen molar-refractivity contribution in [1.29, 1.82) is 0 Å². The Labute approximate surface area is 113 Å². The molecule has 0 amide bonds. The van der Waals surface area contributed by atoms with Gasteiger partial charge in [-0.05, 0) is 18.1 Å². The van der Waals surface area contributed by atoms with Crippen molar-refractivity contribution in [3.8, 4) is 0 Å². The highest BCUT2D eigenvalue weighted by atomic mass is 35.5. The summed E-state index contributed by atoms with van der Waals surface area (Å²) in [6, 6.07) is 6.29. The van der Waals surface area contributed by atoms with Gasteiger partial charge in [-0.1, -0.05) is 42.3 Å². The van der Waals surface area contributed by atoms with Crippen LogP contribution in [-0.2, 0) is 0 Å². The molecule has 0 aliphatic carbocycles. The van der Waals surface area contributed by atoms with Crippen LogP contribution < -0.4 is 5.32 Å². The number of nitrogens with one attached hydrogen (secondary N) is 1. The maximum absolute atomic E-state index is 6.31. The summed E-state index contributed by atoms with van der Waals surface area (Å²) < 4.78 is 0. The Bertz CT molecular complexity index is 376. The first-order valence-corrected chi connectivity index (χ1v) is 6.88. The van der Waals surface area contributed by atoms with Gasteiger partial charge in [0.2, 0.25) is 0 Å². The molecule has 1 aliphatic rings. The SMILES string of the molecule is CC[C@@H](c1cccc(Cl)c1Cl)N1CCNCC1. The highest BCUT2D eigenvalue weighted by molar-refractivity contribution is 6.42. The fourth-order valence-corrected chi connectivity index (χ4v) is 2.88. The fourth-order valence-electron chi connectivity index (χ4n) is 2.45. The first-order valence-electron chi connectivity index (χ1n) is 6.12. The van der Waals surface area contributed by atoms with E-state index in [0.717, 1.165) is 38.2 Å². The molecule has 1 aliphatic heterocycles. The maximum atomic E-state index is 6.31. The number of benzene rings is 1. The largest absolute Gasteiger partial charge is 0.314 e. The Morgan fingerprint density at radius 1 is 1.29 bits per heavy atom. The van der Waals surface area contributed by atoms with Crippen LogP contribution in [0, 0.1) is 0 Å². The van der Waals surface area contributed by atoms with E-state index in [2.05, 4.69) is 23.2 Å². The molecule has 1 aromatic carbocycles. The lowest BCUT2D eigenvalue weighted by molar-refractivity contribution is 0.169. The zero-order valence-corrected chi connectivity index (χ0v) is 11.6. The van der Waals surface area contributed by atoms with Crippen molar-refractivity contribution in [2.75, 3.05) is 26.2 Å². The zero-order valence-electron chi connectivity index (χ0n) is 10.0. The van der Waals surface area contributed by atoms with Crippen LogP contribution in [0.25, 0.3) is 0 Å². The number of nitrogens with zero attached hydrogens (tertiary/aromatic N) is 1. The molecule has 1 N–H and O–H groups in total. The van der Waals surface area contributed by atoms with Crippen molar-refractivity contribution < 1.29 is 0 Å². The normalized spacial score (nSPS) is 19.2. The van der Waals surface area contributed by atoms with Gasteiger partial charge in [0.05, 0.1) is 10.0 Å². The van der Waals surface area contributed by atoms with Crippen molar-refractivity contribution in [2.24, 2.45) is 0 Å². The van der Waals surface area contributed by atoms with Gasteiger partial charge in [0, 0.05) is 32.2 Å². The molecule has 0 unspecified atom stereocenters. The number of piperazine rings is 1. The summed E-state index contributed by atoms with van der Waals surface area (Å²) in [5.41, 5.74) is 1.16. The second kappa shape index (κ2) is 6.05. The molecule has 1 aromatic rings. The van der Waals surface area contributed by atoms with Gasteiger partial charge >= 0.3 is 0 Å². The third-order valence-electron chi connectivity index (χ3n) is 3.32. The number of hydrogen-bond acceptors (Lipinski definition) is 2. The molecular weight excluding hydrogens is 255 g/mol. The minimum atomic E-state index is 0.378. The average molecular weight is 273 g/mol. The van der Waals surface area contributed by atoms with E-state index in [1.165, 1.54) is 0 Å². The second-order valence-electron chi connectivity index (χ2n) is 4.35. The molecule has 0 aromatic heterocycles. The van der Waals surface area contributed by atoms with Gasteiger partial charge in [-0.15, -0.1) is 0 Å². The topological polar surface area (TPSA) is 15.3 Å². The van der Waals surface area contributed by atoms with Crippen molar-refractivity contribution >= 4 is 23.2 Å². The van der Waals surface area contributed by atoms with Crippen LogP contribution in [0.2, 0.25) is 10.0 Å². The second-order valence-corrected chi connectivity index (χ2v) is 5.14. The van der Waals surface area contributed by atoms with Crippen LogP contribution in [-0.4, -0.2) is 31.1 Å². The maximum Gasteiger partial charge on any atom is 0.0640 e. The van der Waals surface area contributed by atoms with Crippen LogP contribution >= 0.6 is 23.2 Å². The van der Waals surface area contributed by atoms with Gasteiger partial charge < -0.3 is 5.32 Å². The Balaban J connectivity index is 2.24. The summed E-state index contributed by atoms with van der Waals surface area (Å²) in [7, 11) is 0. The Morgan fingerprint density at radius 3 is 2.65 bits per heavy atom. The standard InChI is InChI=1S/C13H18Cl2N2/c1-2-12(17-8-6-16-7-9-17)10-4-3-5-11(14)13(10)15/h3-5,12,16H,2,6-9H2,1H3/t12-/m0/s1. The molecule has 1 atom stereocenters. The predicted molar refractivity (Wildman–Crippen MR) is 73.9 cm³/mol. The van der Waals surface area contributed by atoms with Crippen LogP contribution in [0.15, 0.2) is 18.2 Å². The Hall–Kier alpha value is -0.280. The molecule has 17 heavy (non-hydrogen) atoms. The van der Waals surface area contributed by atoms with Crippen molar-refractivity contribution in [3.05, 3.63) is 33.8 Å². The van der Waals surface area contributed by atoms with Crippen molar-refractivity contribution in [2.45, 2.75) is 19.4 Å². The molecule has 94 valence electrons. The monoisotopic (exact) mass is 272 g/mol. The molecule has 1 heterocycles. The lowest BCUT2D eigenvalue weighted by atomic mass is 10.0. The first-order chi connectivity index (χ1) is 8.24. The summed E-state index contributed by atoms with van der Waals surface area (Å²) >= 11 is 12.4. The van der Waals surface area contributed by atoms with Crippen LogP contribution in [0.1, 0.15) is 24.9 Å². The Morgan fingerprint density at radius 2 is 2.00 bits per heavy atom. The molecule has 0 saturated carbocycles. The summed E-state index contributed by atoms with van der Waals surface area (Å²) in [6.07, 6.45) is 1.06. The molecular formula is C13H18Cl2N2. The van der Waals surface area contributed by atoms with Gasteiger partial charge in [-0.25, -0.2) is 0 Å². The van der Waals surface area contributed by atoms with Gasteiger partial charge in [0.1, 0.15) is 0 Å². The van der Waals surface area contributed by atoms with E-state index < -0.39 is 0 Å². The van der Waals surface area contributed by atoms with Gasteiger partial charge in [-0.3, -0.25) is 4.90 Å². The highest BCUT2D eigenvalue weighted by Crippen LogP contribution is 2.34. The molecule has 0 bridgehead atoms. The van der Waals surface area contributed by atoms with Crippen molar-refractivity contribution in [3.63, 3.8) is 0 Å².